The van der Waals surface area contributed by atoms with Crippen LogP contribution in [0.5, 0.6) is 0 Å². The molecule has 0 heterocycles. The maximum Gasteiger partial charge on any atom is 0.242 e. The summed E-state index contributed by atoms with van der Waals surface area (Å²) >= 11 is 11.5. The van der Waals surface area contributed by atoms with Gasteiger partial charge >= 0.3 is 0 Å². The summed E-state index contributed by atoms with van der Waals surface area (Å²) in [5, 5.41) is 3.46. The molecule has 4 nitrogen and oxygen atoms in total. The molecule has 1 aromatic carbocycles. The zero-order chi connectivity index (χ0) is 13.1. The molecular weight excluding hydrogens is 319 g/mol. The molecule has 8 heteroatoms. The number of benzene rings is 1. The second-order valence-electron chi connectivity index (χ2n) is 3.51. The Morgan fingerprint density at radius 3 is 2.39 bits per heavy atom. The van der Waals surface area contributed by atoms with Crippen molar-refractivity contribution in [3.8, 4) is 0 Å². The molecule has 0 aromatic heterocycles. The number of nitrogens with zero attached hydrogens (tertiary/aromatic N) is 1. The first-order valence-electron chi connectivity index (χ1n) is 4.95. The zero-order valence-electron chi connectivity index (χ0n) is 9.98. The van der Waals surface area contributed by atoms with Gasteiger partial charge in [-0.15, -0.1) is 12.4 Å². The van der Waals surface area contributed by atoms with Gasteiger partial charge in [-0.2, -0.15) is 4.31 Å². The van der Waals surface area contributed by atoms with Crippen molar-refractivity contribution < 1.29 is 8.42 Å². The lowest BCUT2D eigenvalue weighted by Crippen LogP contribution is -2.32. The van der Waals surface area contributed by atoms with Crippen LogP contribution in [0.3, 0.4) is 0 Å². The van der Waals surface area contributed by atoms with Crippen molar-refractivity contribution in [1.29, 1.82) is 0 Å². The van der Waals surface area contributed by atoms with Crippen LogP contribution in [0.25, 0.3) is 0 Å². The molecule has 18 heavy (non-hydrogen) atoms. The maximum atomic E-state index is 12.1. The van der Waals surface area contributed by atoms with E-state index in [1.54, 1.807) is 7.05 Å². The molecule has 1 N–H and O–H groups in total. The van der Waals surface area contributed by atoms with Gasteiger partial charge in [0.15, 0.2) is 0 Å². The fourth-order valence-corrected chi connectivity index (χ4v) is 2.77. The fourth-order valence-electron chi connectivity index (χ4n) is 1.21. The van der Waals surface area contributed by atoms with Crippen LogP contribution in [-0.2, 0) is 10.0 Å². The summed E-state index contributed by atoms with van der Waals surface area (Å²) in [4.78, 5) is 0.144. The molecule has 0 saturated carbocycles. The van der Waals surface area contributed by atoms with Gasteiger partial charge in [-0.05, 0) is 25.2 Å². The Labute approximate surface area is 124 Å². The average molecular weight is 334 g/mol. The average Bonchev–Trinajstić information content (AvgIpc) is 2.29. The van der Waals surface area contributed by atoms with Gasteiger partial charge in [-0.3, -0.25) is 0 Å². The van der Waals surface area contributed by atoms with Crippen molar-refractivity contribution in [2.75, 3.05) is 27.2 Å². The molecular formula is C10H15Cl3N2O2S. The maximum absolute atomic E-state index is 12.1. The first-order chi connectivity index (χ1) is 7.89. The van der Waals surface area contributed by atoms with Crippen molar-refractivity contribution in [3.63, 3.8) is 0 Å². The first-order valence-corrected chi connectivity index (χ1v) is 7.15. The minimum absolute atomic E-state index is 0. The summed E-state index contributed by atoms with van der Waals surface area (Å²) in [7, 11) is -0.214. The Hall–Kier alpha value is -0.0400. The zero-order valence-corrected chi connectivity index (χ0v) is 13.1. The molecule has 0 radical (unpaired) electrons. The molecule has 1 aromatic rings. The molecule has 0 aliphatic heterocycles. The Morgan fingerprint density at radius 2 is 1.89 bits per heavy atom. The van der Waals surface area contributed by atoms with E-state index in [1.165, 1.54) is 29.6 Å². The van der Waals surface area contributed by atoms with E-state index < -0.39 is 10.0 Å². The summed E-state index contributed by atoms with van der Waals surface area (Å²) in [6.07, 6.45) is 0. The van der Waals surface area contributed by atoms with Crippen LogP contribution >= 0.6 is 35.6 Å². The molecule has 0 aliphatic carbocycles. The highest BCUT2D eigenvalue weighted by Gasteiger charge is 2.20. The van der Waals surface area contributed by atoms with Crippen molar-refractivity contribution in [2.24, 2.45) is 0 Å². The van der Waals surface area contributed by atoms with E-state index >= 15 is 0 Å². The number of halogens is 3. The van der Waals surface area contributed by atoms with Crippen molar-refractivity contribution in [3.05, 3.63) is 28.2 Å². The molecule has 104 valence electrons. The summed E-state index contributed by atoms with van der Waals surface area (Å²) in [5.74, 6) is 0. The predicted molar refractivity (Wildman–Crippen MR) is 77.5 cm³/mol. The molecule has 0 aliphatic rings. The van der Waals surface area contributed by atoms with Crippen LogP contribution in [0.15, 0.2) is 23.1 Å². The number of nitrogens with one attached hydrogen (secondary N) is 1. The number of hydrogen-bond donors (Lipinski definition) is 1. The number of sulfonamides is 1. The van der Waals surface area contributed by atoms with E-state index in [4.69, 9.17) is 23.2 Å². The monoisotopic (exact) mass is 332 g/mol. The second kappa shape index (κ2) is 7.53. The predicted octanol–water partition coefficient (Wildman–Crippen LogP) is 2.26. The van der Waals surface area contributed by atoms with Gasteiger partial charge in [0, 0.05) is 20.1 Å². The van der Waals surface area contributed by atoms with E-state index in [0.29, 0.717) is 18.1 Å². The van der Waals surface area contributed by atoms with E-state index in [1.807, 2.05) is 0 Å². The Balaban J connectivity index is 0.00000289. The highest BCUT2D eigenvalue weighted by atomic mass is 35.5. The highest BCUT2D eigenvalue weighted by Crippen LogP contribution is 2.25. The topological polar surface area (TPSA) is 49.4 Å². The number of rotatable bonds is 5. The minimum atomic E-state index is -3.50. The smallest absolute Gasteiger partial charge is 0.242 e. The third-order valence-corrected chi connectivity index (χ3v) is 4.87. The first kappa shape index (κ1) is 18.0. The summed E-state index contributed by atoms with van der Waals surface area (Å²) in [5.41, 5.74) is 0. The van der Waals surface area contributed by atoms with Gasteiger partial charge in [0.25, 0.3) is 0 Å². The van der Waals surface area contributed by atoms with Gasteiger partial charge in [0.2, 0.25) is 10.0 Å². The molecule has 0 fully saturated rings. The Bertz CT molecular complexity index is 494. The molecule has 0 unspecified atom stereocenters. The summed E-state index contributed by atoms with van der Waals surface area (Å²) < 4.78 is 25.5. The SMILES string of the molecule is CNCCN(C)S(=O)(=O)c1ccc(Cl)c(Cl)c1.Cl. The molecule has 1 rings (SSSR count). The summed E-state index contributed by atoms with van der Waals surface area (Å²) in [6.45, 7) is 0.968. The van der Waals surface area contributed by atoms with Gasteiger partial charge in [-0.1, -0.05) is 23.2 Å². The van der Waals surface area contributed by atoms with Crippen molar-refractivity contribution in [2.45, 2.75) is 4.90 Å². The van der Waals surface area contributed by atoms with Crippen LogP contribution < -0.4 is 5.32 Å². The Morgan fingerprint density at radius 1 is 1.28 bits per heavy atom. The quantitative estimate of drug-likeness (QED) is 0.899. The van der Waals surface area contributed by atoms with Crippen LogP contribution in [0, 0.1) is 0 Å². The van der Waals surface area contributed by atoms with Gasteiger partial charge in [0.1, 0.15) is 0 Å². The minimum Gasteiger partial charge on any atom is -0.318 e. The normalized spacial score (nSPS) is 11.4. The van der Waals surface area contributed by atoms with E-state index in [2.05, 4.69) is 5.32 Å². The lowest BCUT2D eigenvalue weighted by Gasteiger charge is -2.17. The largest absolute Gasteiger partial charge is 0.318 e. The lowest BCUT2D eigenvalue weighted by molar-refractivity contribution is 0.466. The third kappa shape index (κ3) is 4.26. The van der Waals surface area contributed by atoms with Gasteiger partial charge in [0.05, 0.1) is 14.9 Å². The fraction of sp³-hybridized carbons (Fsp3) is 0.400. The molecule has 0 amide bonds. The standard InChI is InChI=1S/C10H14Cl2N2O2S.ClH/c1-13-5-6-14(2)17(15,16)8-3-4-9(11)10(12)7-8;/h3-4,7,13H,5-6H2,1-2H3;1H. The number of hydrogen-bond acceptors (Lipinski definition) is 3. The van der Waals surface area contributed by atoms with E-state index in [0.717, 1.165) is 0 Å². The van der Waals surface area contributed by atoms with Crippen LogP contribution in [-0.4, -0.2) is 39.9 Å². The van der Waals surface area contributed by atoms with Crippen LogP contribution in [0.1, 0.15) is 0 Å². The third-order valence-electron chi connectivity index (χ3n) is 2.28. The van der Waals surface area contributed by atoms with Gasteiger partial charge in [-0.25, -0.2) is 8.42 Å². The van der Waals surface area contributed by atoms with E-state index in [-0.39, 0.29) is 22.3 Å². The van der Waals surface area contributed by atoms with Gasteiger partial charge < -0.3 is 5.32 Å². The molecule has 0 atom stereocenters. The number of likely N-dealkylation sites (N-methyl/N-ethyl adjacent to an activating group) is 2. The molecule has 0 saturated heterocycles. The van der Waals surface area contributed by atoms with E-state index in [9.17, 15) is 8.42 Å². The van der Waals surface area contributed by atoms with Crippen molar-refractivity contribution in [1.82, 2.24) is 9.62 Å². The Kier molecular flexibility index (Phi) is 7.51. The van der Waals surface area contributed by atoms with Crippen LogP contribution in [0.2, 0.25) is 10.0 Å². The van der Waals surface area contributed by atoms with Crippen molar-refractivity contribution >= 4 is 45.6 Å². The second-order valence-corrected chi connectivity index (χ2v) is 6.37. The lowest BCUT2D eigenvalue weighted by atomic mass is 10.4. The highest BCUT2D eigenvalue weighted by molar-refractivity contribution is 7.89. The molecule has 0 bridgehead atoms. The molecule has 0 spiro atoms. The summed E-state index contributed by atoms with van der Waals surface area (Å²) in [6, 6.07) is 4.28. The van der Waals surface area contributed by atoms with Crippen LogP contribution in [0.4, 0.5) is 0 Å².